The summed E-state index contributed by atoms with van der Waals surface area (Å²) in [5, 5.41) is 6.29. The Morgan fingerprint density at radius 2 is 1.75 bits per heavy atom. The molecule has 32 heavy (non-hydrogen) atoms. The second kappa shape index (κ2) is 9.91. The highest BCUT2D eigenvalue weighted by Crippen LogP contribution is 2.39. The van der Waals surface area contributed by atoms with Gasteiger partial charge in [0.1, 0.15) is 5.82 Å². The number of ether oxygens (including phenoxy) is 1. The molecule has 4 rings (SSSR count). The predicted molar refractivity (Wildman–Crippen MR) is 123 cm³/mol. The Balaban J connectivity index is 1.35. The van der Waals surface area contributed by atoms with Crippen molar-refractivity contribution in [3.05, 3.63) is 65.6 Å². The Hall–Kier alpha value is -3.26. The highest BCUT2D eigenvalue weighted by atomic mass is 32.1. The summed E-state index contributed by atoms with van der Waals surface area (Å²) in [5.74, 6) is -0.221. The minimum Gasteiger partial charge on any atom is -0.469 e. The molecule has 1 aliphatic carbocycles. The number of aromatic nitrogens is 1. The van der Waals surface area contributed by atoms with Crippen molar-refractivity contribution < 1.29 is 18.7 Å². The van der Waals surface area contributed by atoms with Gasteiger partial charge in [-0.05, 0) is 55.5 Å². The Bertz CT molecular complexity index is 1090. The Kier molecular flexibility index (Phi) is 6.80. The molecule has 0 aliphatic heterocycles. The van der Waals surface area contributed by atoms with E-state index in [2.05, 4.69) is 15.6 Å². The van der Waals surface area contributed by atoms with Crippen molar-refractivity contribution in [3.8, 4) is 10.4 Å². The molecule has 0 saturated heterocycles. The van der Waals surface area contributed by atoms with E-state index >= 15 is 0 Å². The minimum absolute atomic E-state index is 0.00584. The molecule has 1 saturated carbocycles. The maximum atomic E-state index is 13.7. The maximum absolute atomic E-state index is 13.7. The van der Waals surface area contributed by atoms with Crippen LogP contribution in [0, 0.1) is 11.7 Å². The van der Waals surface area contributed by atoms with Crippen molar-refractivity contribution in [1.29, 1.82) is 0 Å². The molecule has 166 valence electrons. The lowest BCUT2D eigenvalue weighted by molar-refractivity contribution is -0.146. The molecule has 1 heterocycles. The number of nitrogens with zero attached hydrogens (tertiary/aromatic N) is 1. The largest absolute Gasteiger partial charge is 0.469 e. The fraction of sp³-hybridized carbons (Fsp3) is 0.292. The van der Waals surface area contributed by atoms with Crippen LogP contribution >= 0.6 is 11.3 Å². The molecule has 2 amide bonds. The van der Waals surface area contributed by atoms with Gasteiger partial charge in [0, 0.05) is 17.8 Å². The van der Waals surface area contributed by atoms with Crippen LogP contribution in [0.25, 0.3) is 10.4 Å². The smallest absolute Gasteiger partial charge is 0.323 e. The Labute approximate surface area is 189 Å². The molecule has 2 N–H and O–H groups in total. The normalized spacial score (nSPS) is 18.1. The summed E-state index contributed by atoms with van der Waals surface area (Å²) >= 11 is 1.66. The van der Waals surface area contributed by atoms with Crippen molar-refractivity contribution in [2.75, 3.05) is 17.7 Å². The molecular weight excluding hydrogens is 429 g/mol. The first-order chi connectivity index (χ1) is 15.5. The first kappa shape index (κ1) is 22.0. The highest BCUT2D eigenvalue weighted by molar-refractivity contribution is 7.15. The monoisotopic (exact) mass is 453 g/mol. The lowest BCUT2D eigenvalue weighted by atomic mass is 9.82. The third kappa shape index (κ3) is 5.13. The fourth-order valence-electron chi connectivity index (χ4n) is 3.92. The standard InChI is InChI=1S/C24H24FN3O3S/c1-31-23(29)17-8-6-16(7-9-17)22-26-14-21(32-22)15-10-12-18(13-11-15)27-24(30)28-20-5-3-2-4-19(20)25/h2-5,10-14,16-17H,6-9H2,1H3,(H2,27,28,30). The summed E-state index contributed by atoms with van der Waals surface area (Å²) in [4.78, 5) is 29.5. The van der Waals surface area contributed by atoms with E-state index in [4.69, 9.17) is 4.74 Å². The number of rotatable bonds is 5. The number of methoxy groups -OCH3 is 1. The molecule has 0 spiro atoms. The van der Waals surface area contributed by atoms with Gasteiger partial charge in [-0.15, -0.1) is 11.3 Å². The number of anilines is 2. The van der Waals surface area contributed by atoms with Gasteiger partial charge in [0.15, 0.2) is 0 Å². The van der Waals surface area contributed by atoms with E-state index in [-0.39, 0.29) is 17.6 Å². The molecule has 0 atom stereocenters. The number of urea groups is 1. The maximum Gasteiger partial charge on any atom is 0.323 e. The average Bonchev–Trinajstić information content (AvgIpc) is 3.31. The summed E-state index contributed by atoms with van der Waals surface area (Å²) in [6, 6.07) is 12.9. The van der Waals surface area contributed by atoms with E-state index in [1.165, 1.54) is 19.2 Å². The van der Waals surface area contributed by atoms with Crippen LogP contribution in [-0.4, -0.2) is 24.1 Å². The number of benzene rings is 2. The summed E-state index contributed by atoms with van der Waals surface area (Å²) < 4.78 is 18.5. The van der Waals surface area contributed by atoms with Crippen LogP contribution in [0.15, 0.2) is 54.7 Å². The number of hydrogen-bond donors (Lipinski definition) is 2. The number of amides is 2. The van der Waals surface area contributed by atoms with Crippen molar-refractivity contribution >= 4 is 34.7 Å². The molecule has 1 aliphatic rings. The number of esters is 1. The SMILES string of the molecule is COC(=O)C1CCC(c2ncc(-c3ccc(NC(=O)Nc4ccccc4F)cc3)s2)CC1. The molecule has 2 aromatic carbocycles. The van der Waals surface area contributed by atoms with Crippen molar-refractivity contribution in [1.82, 2.24) is 4.98 Å². The number of para-hydroxylation sites is 1. The Morgan fingerprint density at radius 1 is 1.03 bits per heavy atom. The van der Waals surface area contributed by atoms with Gasteiger partial charge in [0.2, 0.25) is 0 Å². The van der Waals surface area contributed by atoms with E-state index in [0.29, 0.717) is 11.6 Å². The van der Waals surface area contributed by atoms with Crippen LogP contribution in [0.3, 0.4) is 0 Å². The molecule has 0 bridgehead atoms. The van der Waals surface area contributed by atoms with Crippen LogP contribution in [0.5, 0.6) is 0 Å². The van der Waals surface area contributed by atoms with Crippen LogP contribution in [0.2, 0.25) is 0 Å². The molecule has 1 aromatic heterocycles. The van der Waals surface area contributed by atoms with Gasteiger partial charge in [-0.1, -0.05) is 24.3 Å². The van der Waals surface area contributed by atoms with Gasteiger partial charge < -0.3 is 15.4 Å². The van der Waals surface area contributed by atoms with E-state index in [9.17, 15) is 14.0 Å². The van der Waals surface area contributed by atoms with Gasteiger partial charge >= 0.3 is 12.0 Å². The number of carbonyl (C=O) groups excluding carboxylic acids is 2. The zero-order chi connectivity index (χ0) is 22.5. The second-order valence-electron chi connectivity index (χ2n) is 7.77. The molecule has 8 heteroatoms. The van der Waals surface area contributed by atoms with Gasteiger partial charge in [-0.2, -0.15) is 0 Å². The summed E-state index contributed by atoms with van der Waals surface area (Å²) in [6.07, 6.45) is 5.42. The quantitative estimate of drug-likeness (QED) is 0.462. The molecule has 3 aromatic rings. The average molecular weight is 454 g/mol. The summed E-state index contributed by atoms with van der Waals surface area (Å²) in [5.41, 5.74) is 1.74. The number of hydrogen-bond acceptors (Lipinski definition) is 5. The lowest BCUT2D eigenvalue weighted by Gasteiger charge is -2.25. The van der Waals surface area contributed by atoms with Crippen molar-refractivity contribution in [2.45, 2.75) is 31.6 Å². The Morgan fingerprint density at radius 3 is 2.44 bits per heavy atom. The van der Waals surface area contributed by atoms with Gasteiger partial charge in [0.05, 0.1) is 28.6 Å². The van der Waals surface area contributed by atoms with E-state index in [1.54, 1.807) is 35.6 Å². The third-order valence-electron chi connectivity index (χ3n) is 5.68. The number of thiazole rings is 1. The highest BCUT2D eigenvalue weighted by Gasteiger charge is 2.29. The van der Waals surface area contributed by atoms with E-state index < -0.39 is 11.8 Å². The van der Waals surface area contributed by atoms with Crippen LogP contribution in [-0.2, 0) is 9.53 Å². The minimum atomic E-state index is -0.509. The van der Waals surface area contributed by atoms with Crippen LogP contribution in [0.1, 0.15) is 36.6 Å². The molecule has 1 fully saturated rings. The third-order valence-corrected chi connectivity index (χ3v) is 6.89. The zero-order valence-corrected chi connectivity index (χ0v) is 18.5. The number of halogens is 1. The number of nitrogens with one attached hydrogen (secondary N) is 2. The van der Waals surface area contributed by atoms with E-state index in [0.717, 1.165) is 41.1 Å². The predicted octanol–water partition coefficient (Wildman–Crippen LogP) is 6.04. The number of carbonyl (C=O) groups is 2. The molecule has 0 radical (unpaired) electrons. The molecular formula is C24H24FN3O3S. The van der Waals surface area contributed by atoms with Gasteiger partial charge in [-0.3, -0.25) is 4.79 Å². The fourth-order valence-corrected chi connectivity index (χ4v) is 5.01. The topological polar surface area (TPSA) is 80.3 Å². The van der Waals surface area contributed by atoms with E-state index in [1.807, 2.05) is 18.3 Å². The van der Waals surface area contributed by atoms with Gasteiger partial charge in [0.25, 0.3) is 0 Å². The van der Waals surface area contributed by atoms with Gasteiger partial charge in [-0.25, -0.2) is 14.2 Å². The first-order valence-electron chi connectivity index (χ1n) is 10.5. The lowest BCUT2D eigenvalue weighted by Crippen LogP contribution is -2.22. The van der Waals surface area contributed by atoms with Crippen molar-refractivity contribution in [3.63, 3.8) is 0 Å². The first-order valence-corrected chi connectivity index (χ1v) is 11.3. The summed E-state index contributed by atoms with van der Waals surface area (Å²) in [7, 11) is 1.44. The van der Waals surface area contributed by atoms with Crippen molar-refractivity contribution in [2.24, 2.45) is 5.92 Å². The second-order valence-corrected chi connectivity index (χ2v) is 8.83. The van der Waals surface area contributed by atoms with Crippen LogP contribution in [0.4, 0.5) is 20.6 Å². The molecule has 6 nitrogen and oxygen atoms in total. The summed E-state index contributed by atoms with van der Waals surface area (Å²) in [6.45, 7) is 0. The zero-order valence-electron chi connectivity index (χ0n) is 17.6. The molecule has 0 unspecified atom stereocenters. The van der Waals surface area contributed by atoms with Crippen LogP contribution < -0.4 is 10.6 Å².